The highest BCUT2D eigenvalue weighted by Crippen LogP contribution is 2.37. The van der Waals surface area contributed by atoms with Gasteiger partial charge in [-0.05, 0) is 61.9 Å². The van der Waals surface area contributed by atoms with Crippen molar-refractivity contribution in [3.8, 4) is 0 Å². The van der Waals surface area contributed by atoms with E-state index in [0.717, 1.165) is 11.5 Å². The van der Waals surface area contributed by atoms with E-state index in [9.17, 15) is 4.79 Å². The molecule has 1 aliphatic rings. The lowest BCUT2D eigenvalue weighted by Gasteiger charge is -2.28. The first kappa shape index (κ1) is 13.7. The molecule has 0 radical (unpaired) electrons. The number of benzene rings is 1. The molecule has 1 aromatic carbocycles. The first-order valence-corrected chi connectivity index (χ1v) is 6.73. The summed E-state index contributed by atoms with van der Waals surface area (Å²) >= 11 is 0. The Balaban J connectivity index is 2.16. The lowest BCUT2D eigenvalue weighted by molar-refractivity contribution is -0.131. The van der Waals surface area contributed by atoms with Crippen molar-refractivity contribution in [3.63, 3.8) is 0 Å². The molecule has 19 heavy (non-hydrogen) atoms. The molecule has 1 N–H and O–H groups in total. The van der Waals surface area contributed by atoms with Crippen molar-refractivity contribution in [2.45, 2.75) is 32.7 Å². The van der Waals surface area contributed by atoms with E-state index in [1.165, 1.54) is 30.2 Å². The molecular weight excluding hydrogens is 238 g/mol. The highest BCUT2D eigenvalue weighted by molar-refractivity contribution is 5.85. The van der Waals surface area contributed by atoms with Crippen molar-refractivity contribution in [2.24, 2.45) is 5.92 Å². The molecule has 102 valence electrons. The van der Waals surface area contributed by atoms with Crippen LogP contribution < -0.4 is 4.90 Å². The van der Waals surface area contributed by atoms with Gasteiger partial charge in [0.1, 0.15) is 0 Å². The molecule has 1 atom stereocenters. The van der Waals surface area contributed by atoms with E-state index in [1.54, 1.807) is 6.08 Å². The molecule has 0 heterocycles. The number of aryl methyl sites for hydroxylation is 1. The maximum Gasteiger partial charge on any atom is 0.328 e. The molecule has 0 bridgehead atoms. The summed E-state index contributed by atoms with van der Waals surface area (Å²) in [6, 6.07) is 6.65. The number of anilines is 1. The molecular formula is C16H21NO2. The average molecular weight is 259 g/mol. The summed E-state index contributed by atoms with van der Waals surface area (Å²) in [4.78, 5) is 12.8. The van der Waals surface area contributed by atoms with Crippen LogP contribution in [0.15, 0.2) is 24.3 Å². The fourth-order valence-electron chi connectivity index (χ4n) is 2.46. The molecule has 0 spiro atoms. The third-order valence-corrected chi connectivity index (χ3v) is 3.93. The normalized spacial score (nSPS) is 16.6. The molecule has 1 saturated carbocycles. The second kappa shape index (κ2) is 5.47. The van der Waals surface area contributed by atoms with Crippen LogP contribution in [-0.2, 0) is 4.79 Å². The Morgan fingerprint density at radius 2 is 2.16 bits per heavy atom. The third-order valence-electron chi connectivity index (χ3n) is 3.93. The van der Waals surface area contributed by atoms with Crippen LogP contribution in [0.3, 0.4) is 0 Å². The smallest absolute Gasteiger partial charge is 0.328 e. The summed E-state index contributed by atoms with van der Waals surface area (Å²) in [5, 5.41) is 8.63. The van der Waals surface area contributed by atoms with E-state index in [2.05, 4.69) is 31.9 Å². The molecule has 2 rings (SSSR count). The zero-order valence-corrected chi connectivity index (χ0v) is 11.8. The van der Waals surface area contributed by atoms with Gasteiger partial charge >= 0.3 is 5.97 Å². The number of nitrogens with zero attached hydrogens (tertiary/aromatic N) is 1. The fourth-order valence-corrected chi connectivity index (χ4v) is 2.46. The van der Waals surface area contributed by atoms with Crippen LogP contribution in [0.2, 0.25) is 0 Å². The van der Waals surface area contributed by atoms with Gasteiger partial charge in [0, 0.05) is 24.9 Å². The summed E-state index contributed by atoms with van der Waals surface area (Å²) < 4.78 is 0. The van der Waals surface area contributed by atoms with Crippen molar-refractivity contribution in [2.75, 3.05) is 11.9 Å². The van der Waals surface area contributed by atoms with Crippen LogP contribution >= 0.6 is 0 Å². The lowest BCUT2D eigenvalue weighted by Crippen LogP contribution is -2.31. The summed E-state index contributed by atoms with van der Waals surface area (Å²) in [6.45, 7) is 4.35. The van der Waals surface area contributed by atoms with E-state index in [4.69, 9.17) is 5.11 Å². The van der Waals surface area contributed by atoms with E-state index in [1.807, 2.05) is 12.1 Å². The Morgan fingerprint density at radius 3 is 2.68 bits per heavy atom. The molecule has 1 fully saturated rings. The molecule has 0 aliphatic heterocycles. The first-order chi connectivity index (χ1) is 8.99. The summed E-state index contributed by atoms with van der Waals surface area (Å²) in [5.74, 6) is -0.0859. The van der Waals surface area contributed by atoms with E-state index in [-0.39, 0.29) is 0 Å². The number of carboxylic acid groups (broad SMARTS) is 1. The van der Waals surface area contributed by atoms with Crippen molar-refractivity contribution in [1.82, 2.24) is 0 Å². The number of aliphatic carboxylic acids is 1. The summed E-state index contributed by atoms with van der Waals surface area (Å²) in [7, 11) is 2.14. The Morgan fingerprint density at radius 1 is 1.47 bits per heavy atom. The number of hydrogen-bond acceptors (Lipinski definition) is 2. The predicted molar refractivity (Wildman–Crippen MR) is 78.4 cm³/mol. The average Bonchev–Trinajstić information content (AvgIpc) is 3.19. The molecule has 1 aromatic rings. The van der Waals surface area contributed by atoms with Gasteiger partial charge in [0.2, 0.25) is 0 Å². The van der Waals surface area contributed by atoms with Gasteiger partial charge in [0.05, 0.1) is 0 Å². The second-order valence-electron chi connectivity index (χ2n) is 5.41. The summed E-state index contributed by atoms with van der Waals surface area (Å²) in [5.41, 5.74) is 3.34. The predicted octanol–water partition coefficient (Wildman–Crippen LogP) is 3.33. The maximum atomic E-state index is 10.5. The largest absolute Gasteiger partial charge is 0.478 e. The first-order valence-electron chi connectivity index (χ1n) is 6.73. The Labute approximate surface area is 114 Å². The maximum absolute atomic E-state index is 10.5. The Kier molecular flexibility index (Phi) is 3.93. The SMILES string of the molecule is Cc1cc(C=CC(=O)O)ccc1N(C)C(C)C1CC1. The van der Waals surface area contributed by atoms with Crippen LogP contribution in [0.25, 0.3) is 6.08 Å². The highest BCUT2D eigenvalue weighted by atomic mass is 16.4. The van der Waals surface area contributed by atoms with Crippen LogP contribution in [0.4, 0.5) is 5.69 Å². The second-order valence-corrected chi connectivity index (χ2v) is 5.41. The molecule has 1 unspecified atom stereocenters. The molecule has 3 heteroatoms. The van der Waals surface area contributed by atoms with Crippen LogP contribution in [0.1, 0.15) is 30.9 Å². The minimum absolute atomic E-state index is 0.569. The van der Waals surface area contributed by atoms with Crippen molar-refractivity contribution < 1.29 is 9.90 Å². The van der Waals surface area contributed by atoms with Crippen molar-refractivity contribution >= 4 is 17.7 Å². The van der Waals surface area contributed by atoms with Gasteiger partial charge < -0.3 is 10.0 Å². The minimum atomic E-state index is -0.916. The van der Waals surface area contributed by atoms with Gasteiger partial charge in [-0.3, -0.25) is 0 Å². The fraction of sp³-hybridized carbons (Fsp3) is 0.438. The van der Waals surface area contributed by atoms with Gasteiger partial charge in [-0.25, -0.2) is 4.79 Å². The van der Waals surface area contributed by atoms with Crippen LogP contribution in [0, 0.1) is 12.8 Å². The topological polar surface area (TPSA) is 40.5 Å². The van der Waals surface area contributed by atoms with Gasteiger partial charge in [-0.2, -0.15) is 0 Å². The number of hydrogen-bond donors (Lipinski definition) is 1. The zero-order valence-electron chi connectivity index (χ0n) is 11.8. The highest BCUT2D eigenvalue weighted by Gasteiger charge is 2.30. The number of carboxylic acids is 1. The standard InChI is InChI=1S/C16H21NO2/c1-11-10-13(5-9-16(18)19)4-8-15(11)17(3)12(2)14-6-7-14/h4-5,8-10,12,14H,6-7H2,1-3H3,(H,18,19). The van der Waals surface area contributed by atoms with Crippen LogP contribution in [-0.4, -0.2) is 24.2 Å². The van der Waals surface area contributed by atoms with Crippen molar-refractivity contribution in [3.05, 3.63) is 35.4 Å². The molecule has 0 saturated heterocycles. The van der Waals surface area contributed by atoms with Gasteiger partial charge in [-0.1, -0.05) is 6.07 Å². The molecule has 0 amide bonds. The molecule has 0 aromatic heterocycles. The molecule has 3 nitrogen and oxygen atoms in total. The zero-order chi connectivity index (χ0) is 14.0. The summed E-state index contributed by atoms with van der Waals surface area (Å²) in [6.07, 6.45) is 5.47. The third kappa shape index (κ3) is 3.37. The monoisotopic (exact) mass is 259 g/mol. The van der Waals surface area contributed by atoms with E-state index in [0.29, 0.717) is 6.04 Å². The number of rotatable bonds is 5. The van der Waals surface area contributed by atoms with E-state index < -0.39 is 5.97 Å². The number of carbonyl (C=O) groups is 1. The van der Waals surface area contributed by atoms with Crippen molar-refractivity contribution in [1.29, 1.82) is 0 Å². The molecule has 1 aliphatic carbocycles. The van der Waals surface area contributed by atoms with Crippen LogP contribution in [0.5, 0.6) is 0 Å². The van der Waals surface area contributed by atoms with E-state index >= 15 is 0 Å². The minimum Gasteiger partial charge on any atom is -0.478 e. The van der Waals surface area contributed by atoms with Gasteiger partial charge in [0.15, 0.2) is 0 Å². The lowest BCUT2D eigenvalue weighted by atomic mass is 10.1. The van der Waals surface area contributed by atoms with Gasteiger partial charge in [0.25, 0.3) is 0 Å². The Bertz CT molecular complexity index is 503. The Hall–Kier alpha value is -1.77. The quantitative estimate of drug-likeness (QED) is 0.825. The van der Waals surface area contributed by atoms with Gasteiger partial charge in [-0.15, -0.1) is 0 Å².